The fraction of sp³-hybridized carbons (Fsp3) is 0.500. The number of halogens is 4. The minimum Gasteiger partial charge on any atom is -0.500 e. The molecule has 0 bridgehead atoms. The molecular weight excluding hydrogens is 594 g/mol. The van der Waals surface area contributed by atoms with Gasteiger partial charge in [-0.25, -0.2) is 4.39 Å². The average molecular weight is 646 g/mol. The van der Waals surface area contributed by atoms with E-state index in [4.69, 9.17) is 9.47 Å². The minimum absolute atomic E-state index is 0. The largest absolute Gasteiger partial charge is 0.500 e. The number of carbonyl (C=O) groups is 1. The van der Waals surface area contributed by atoms with Crippen molar-refractivity contribution in [3.8, 4) is 0 Å². The Morgan fingerprint density at radius 3 is 2.50 bits per heavy atom. The Balaban J connectivity index is 0.00000251. The van der Waals surface area contributed by atoms with Crippen molar-refractivity contribution in [1.82, 2.24) is 5.32 Å². The number of alkyl halides is 3. The molecule has 1 aromatic carbocycles. The van der Waals surface area contributed by atoms with E-state index >= 15 is 4.39 Å². The number of benzene rings is 1. The summed E-state index contributed by atoms with van der Waals surface area (Å²) in [6, 6.07) is 4.84. The van der Waals surface area contributed by atoms with E-state index in [0.29, 0.717) is 5.56 Å². The number of nitrogens with one attached hydrogen (secondary N) is 1. The van der Waals surface area contributed by atoms with Crippen molar-refractivity contribution in [3.63, 3.8) is 0 Å². The van der Waals surface area contributed by atoms with Crippen molar-refractivity contribution in [2.24, 2.45) is 11.3 Å². The second kappa shape index (κ2) is 16.4. The number of dihydropyridines is 1. The zero-order valence-electron chi connectivity index (χ0n) is 28.1. The quantitative estimate of drug-likeness (QED) is 0.140. The van der Waals surface area contributed by atoms with Gasteiger partial charge in [0.05, 0.1) is 13.2 Å². The maximum atomic E-state index is 15.1. The highest BCUT2D eigenvalue weighted by Crippen LogP contribution is 2.44. The van der Waals surface area contributed by atoms with E-state index in [2.05, 4.69) is 37.0 Å². The molecule has 2 heterocycles. The number of fused-ring (bicyclic) bond motifs is 1. The van der Waals surface area contributed by atoms with Gasteiger partial charge in [0.25, 0.3) is 0 Å². The number of hydrogen-bond donors (Lipinski definition) is 1. The van der Waals surface area contributed by atoms with Gasteiger partial charge in [0.1, 0.15) is 22.8 Å². The van der Waals surface area contributed by atoms with Gasteiger partial charge in [-0.3, -0.25) is 4.79 Å². The smallest absolute Gasteiger partial charge is 0.400 e. The van der Waals surface area contributed by atoms with Crippen molar-refractivity contribution >= 4 is 11.4 Å². The van der Waals surface area contributed by atoms with E-state index in [9.17, 15) is 18.0 Å². The fourth-order valence-electron chi connectivity index (χ4n) is 5.87. The number of rotatable bonds is 12. The van der Waals surface area contributed by atoms with Crippen LogP contribution in [0.1, 0.15) is 85.7 Å². The molecule has 1 fully saturated rings. The first-order valence-corrected chi connectivity index (χ1v) is 16.2. The lowest BCUT2D eigenvalue weighted by Crippen LogP contribution is -2.34. The molecule has 3 aliphatic rings. The van der Waals surface area contributed by atoms with Crippen LogP contribution in [0.4, 0.5) is 17.6 Å². The molecule has 4 nitrogen and oxygen atoms in total. The normalized spacial score (nSPS) is 18.9. The van der Waals surface area contributed by atoms with E-state index in [1.807, 2.05) is 20.0 Å². The van der Waals surface area contributed by atoms with Gasteiger partial charge in [-0.2, -0.15) is 13.2 Å². The molecule has 0 radical (unpaired) electrons. The van der Waals surface area contributed by atoms with Gasteiger partial charge in [-0.05, 0) is 116 Å². The maximum Gasteiger partial charge on any atom is 0.400 e. The van der Waals surface area contributed by atoms with Gasteiger partial charge < -0.3 is 14.8 Å². The number of hydrogen-bond acceptors (Lipinski definition) is 4. The molecule has 46 heavy (non-hydrogen) atoms. The number of Topliss-reactive ketones (excluding diaryl/α,β-unsaturated/α-hetero) is 1. The standard InChI is InChI=1S/C36H43F4NO3.C2H6.H2/c1-23(16-34(43-5)35(3,4)36(38,39)40)15-31(42)19-28-10-9-27(20-32(28)37)30-18-29-17-24(2)26(21-33(29)41-22-30)8-6-7-25-11-13-44-14-12-25;1-2;/h9-10,16-18,20-22,25,33,41H,1,6-8,11-15,19H2,2-5H3;1-2H3;1H/b34-16-;;. The Hall–Kier alpha value is -3.39. The Kier molecular flexibility index (Phi) is 13.2. The summed E-state index contributed by atoms with van der Waals surface area (Å²) in [6.07, 6.45) is 10.4. The van der Waals surface area contributed by atoms with Crippen molar-refractivity contribution in [1.29, 1.82) is 0 Å². The van der Waals surface area contributed by atoms with Crippen molar-refractivity contribution < 1.29 is 33.3 Å². The SMILES string of the molecule is C=C(/C=C(\OC)C(C)(C)C(F)(F)F)CC(=O)Cc1ccc(C2=CNC3C=C(CCCC4CCOCC4)C(C)=CC3=C2)cc1F.CC.[HH]. The number of allylic oxidation sites excluding steroid dienone is 7. The minimum atomic E-state index is -4.54. The molecule has 4 rings (SSSR count). The van der Waals surface area contributed by atoms with Crippen LogP contribution in [0, 0.1) is 17.2 Å². The van der Waals surface area contributed by atoms with Crippen molar-refractivity contribution in [2.75, 3.05) is 20.3 Å². The zero-order valence-corrected chi connectivity index (χ0v) is 28.1. The highest BCUT2D eigenvalue weighted by molar-refractivity contribution is 5.84. The Morgan fingerprint density at radius 2 is 1.87 bits per heavy atom. The van der Waals surface area contributed by atoms with E-state index in [-0.39, 0.29) is 43.0 Å². The lowest BCUT2D eigenvalue weighted by atomic mass is 9.85. The molecule has 254 valence electrons. The summed E-state index contributed by atoms with van der Waals surface area (Å²) in [4.78, 5) is 12.7. The second-order valence-electron chi connectivity index (χ2n) is 12.5. The van der Waals surface area contributed by atoms with E-state index in [0.717, 1.165) is 83.0 Å². The molecule has 2 aliphatic heterocycles. The van der Waals surface area contributed by atoms with Gasteiger partial charge in [-0.15, -0.1) is 0 Å². The summed E-state index contributed by atoms with van der Waals surface area (Å²) < 4.78 is 65.8. The lowest BCUT2D eigenvalue weighted by molar-refractivity contribution is -0.208. The van der Waals surface area contributed by atoms with Crippen molar-refractivity contribution in [2.45, 2.75) is 91.8 Å². The molecule has 1 aromatic rings. The van der Waals surface area contributed by atoms with Gasteiger partial charge in [0, 0.05) is 33.7 Å². The second-order valence-corrected chi connectivity index (χ2v) is 12.5. The average Bonchev–Trinajstić information content (AvgIpc) is 3.01. The summed E-state index contributed by atoms with van der Waals surface area (Å²) >= 11 is 0. The first-order valence-electron chi connectivity index (χ1n) is 16.2. The molecular formula is C38H51F4NO3. The van der Waals surface area contributed by atoms with Gasteiger partial charge in [-0.1, -0.05) is 44.7 Å². The van der Waals surface area contributed by atoms with Crippen molar-refractivity contribution in [3.05, 3.63) is 100 Å². The molecule has 1 unspecified atom stereocenters. The third-order valence-corrected chi connectivity index (χ3v) is 8.83. The summed E-state index contributed by atoms with van der Waals surface area (Å²) in [6.45, 7) is 13.6. The van der Waals surface area contributed by atoms with Crippen LogP contribution in [0.2, 0.25) is 0 Å². The molecule has 0 saturated carbocycles. The van der Waals surface area contributed by atoms with E-state index in [1.165, 1.54) is 23.6 Å². The molecule has 8 heteroatoms. The summed E-state index contributed by atoms with van der Waals surface area (Å²) in [7, 11) is 1.15. The van der Waals surface area contributed by atoms with Gasteiger partial charge >= 0.3 is 6.18 Å². The predicted molar refractivity (Wildman–Crippen MR) is 179 cm³/mol. The van der Waals surface area contributed by atoms with E-state index in [1.54, 1.807) is 12.1 Å². The van der Waals surface area contributed by atoms with Crippen LogP contribution in [0.25, 0.3) is 5.57 Å². The molecule has 0 aromatic heterocycles. The fourth-order valence-corrected chi connectivity index (χ4v) is 5.87. The Morgan fingerprint density at radius 1 is 1.17 bits per heavy atom. The first-order chi connectivity index (χ1) is 21.8. The molecule has 0 amide bonds. The van der Waals surface area contributed by atoms with Crippen LogP contribution in [0.3, 0.4) is 0 Å². The van der Waals surface area contributed by atoms with Crippen LogP contribution >= 0.6 is 0 Å². The summed E-state index contributed by atoms with van der Waals surface area (Å²) in [5, 5.41) is 3.45. The third kappa shape index (κ3) is 9.57. The third-order valence-electron chi connectivity index (χ3n) is 8.83. The monoisotopic (exact) mass is 645 g/mol. The summed E-state index contributed by atoms with van der Waals surface area (Å²) in [5.74, 6) is -0.457. The maximum absolute atomic E-state index is 15.1. The molecule has 1 N–H and O–H groups in total. The Bertz CT molecular complexity index is 1410. The number of ketones is 1. The van der Waals surface area contributed by atoms with Gasteiger partial charge in [0.15, 0.2) is 0 Å². The topological polar surface area (TPSA) is 47.6 Å². The molecule has 1 atom stereocenters. The first kappa shape index (κ1) is 37.1. The van der Waals surface area contributed by atoms with Crippen LogP contribution in [0.5, 0.6) is 0 Å². The lowest BCUT2D eigenvalue weighted by Gasteiger charge is -2.29. The van der Waals surface area contributed by atoms with Crippen LogP contribution in [0.15, 0.2) is 83.3 Å². The number of ether oxygens (including phenoxy) is 2. The number of methoxy groups -OCH3 is 1. The molecule has 1 saturated heterocycles. The Labute approximate surface area is 273 Å². The van der Waals surface area contributed by atoms with Crippen LogP contribution in [-0.2, 0) is 20.7 Å². The highest BCUT2D eigenvalue weighted by Gasteiger charge is 2.51. The van der Waals surface area contributed by atoms with Gasteiger partial charge in [0.2, 0.25) is 0 Å². The molecule has 0 spiro atoms. The van der Waals surface area contributed by atoms with Crippen LogP contribution in [-0.4, -0.2) is 38.3 Å². The zero-order chi connectivity index (χ0) is 34.1. The highest BCUT2D eigenvalue weighted by atomic mass is 19.4. The summed E-state index contributed by atoms with van der Waals surface area (Å²) in [5.41, 5.74) is 3.38. The predicted octanol–water partition coefficient (Wildman–Crippen LogP) is 10.00. The number of carbonyl (C=O) groups excluding carboxylic acids is 1. The van der Waals surface area contributed by atoms with E-state index < -0.39 is 17.4 Å². The van der Waals surface area contributed by atoms with Crippen LogP contribution < -0.4 is 5.32 Å². The molecule has 1 aliphatic carbocycles.